The van der Waals surface area contributed by atoms with E-state index in [1.807, 2.05) is 19.2 Å². The summed E-state index contributed by atoms with van der Waals surface area (Å²) in [6, 6.07) is 29.5. The monoisotopic (exact) mass is 459 g/mol. The molecule has 3 heteroatoms. The topological polar surface area (TPSA) is 12.5 Å². The minimum atomic E-state index is -0.392. The first-order valence-corrected chi connectivity index (χ1v) is 12.4. The lowest BCUT2D eigenvalue weighted by atomic mass is 9.88. The maximum absolute atomic E-state index is 13.7. The van der Waals surface area contributed by atoms with Crippen LogP contribution < -0.4 is 4.74 Å². The zero-order valence-corrected chi connectivity index (χ0v) is 21.1. The minimum Gasteiger partial charge on any atom is -0.492 e. The SMILES string of the molecule is CC/C(=C(\c1ccccc1)c1ccc(OCCN(C)C(CC)(CC)CF)cc1)c1ccccc1. The molecule has 180 valence electrons. The summed E-state index contributed by atoms with van der Waals surface area (Å²) >= 11 is 0. The Balaban J connectivity index is 1.82. The Morgan fingerprint density at radius 2 is 1.29 bits per heavy atom. The number of halogens is 1. The normalized spacial score (nSPS) is 12.5. The third-order valence-electron chi connectivity index (χ3n) is 7.05. The van der Waals surface area contributed by atoms with E-state index in [1.54, 1.807) is 0 Å². The van der Waals surface area contributed by atoms with Crippen LogP contribution in [0, 0.1) is 0 Å². The molecule has 0 bridgehead atoms. The van der Waals surface area contributed by atoms with Crippen LogP contribution in [-0.4, -0.2) is 37.3 Å². The van der Waals surface area contributed by atoms with Crippen LogP contribution in [0.3, 0.4) is 0 Å². The van der Waals surface area contributed by atoms with Crippen molar-refractivity contribution in [2.45, 2.75) is 45.6 Å². The lowest BCUT2D eigenvalue weighted by Gasteiger charge is -2.38. The first kappa shape index (κ1) is 25.7. The first-order valence-electron chi connectivity index (χ1n) is 12.4. The van der Waals surface area contributed by atoms with Gasteiger partial charge in [-0.3, -0.25) is 4.90 Å². The summed E-state index contributed by atoms with van der Waals surface area (Å²) in [5.74, 6) is 0.834. The lowest BCUT2D eigenvalue weighted by Crippen LogP contribution is -2.49. The number of benzene rings is 3. The standard InChI is InChI=1S/C31H38FNO/c1-5-29(25-14-10-8-11-15-25)30(26-16-12-9-13-17-26)27-18-20-28(21-19-27)34-23-22-33(4)31(6-2,7-3)24-32/h8-21H,5-7,22-24H2,1-4H3/b30-29-. The fourth-order valence-corrected chi connectivity index (χ4v) is 4.62. The predicted octanol–water partition coefficient (Wildman–Crippen LogP) is 7.89. The molecular formula is C31H38FNO. The van der Waals surface area contributed by atoms with Gasteiger partial charge in [-0.05, 0) is 66.3 Å². The van der Waals surface area contributed by atoms with Crippen LogP contribution in [0.5, 0.6) is 5.75 Å². The van der Waals surface area contributed by atoms with Crippen molar-refractivity contribution in [1.29, 1.82) is 0 Å². The molecule has 0 aromatic heterocycles. The third-order valence-corrected chi connectivity index (χ3v) is 7.05. The van der Waals surface area contributed by atoms with Crippen LogP contribution in [0.2, 0.25) is 0 Å². The van der Waals surface area contributed by atoms with Gasteiger partial charge in [0, 0.05) is 12.1 Å². The molecule has 3 rings (SSSR count). The molecular weight excluding hydrogens is 421 g/mol. The highest BCUT2D eigenvalue weighted by Gasteiger charge is 2.30. The van der Waals surface area contributed by atoms with E-state index in [4.69, 9.17) is 4.74 Å². The molecule has 0 saturated carbocycles. The van der Waals surface area contributed by atoms with Crippen molar-refractivity contribution < 1.29 is 9.13 Å². The molecule has 0 spiro atoms. The van der Waals surface area contributed by atoms with Gasteiger partial charge in [0.2, 0.25) is 0 Å². The number of rotatable bonds is 12. The maximum Gasteiger partial charge on any atom is 0.119 e. The van der Waals surface area contributed by atoms with E-state index in [0.29, 0.717) is 13.2 Å². The minimum absolute atomic E-state index is 0.332. The van der Waals surface area contributed by atoms with Gasteiger partial charge in [-0.1, -0.05) is 93.6 Å². The summed E-state index contributed by atoms with van der Waals surface area (Å²) in [4.78, 5) is 2.10. The number of allylic oxidation sites excluding steroid dienone is 1. The highest BCUT2D eigenvalue weighted by Crippen LogP contribution is 2.35. The Hall–Kier alpha value is -2.91. The number of hydrogen-bond donors (Lipinski definition) is 0. The van der Waals surface area contributed by atoms with Gasteiger partial charge >= 0.3 is 0 Å². The summed E-state index contributed by atoms with van der Waals surface area (Å²) in [6.45, 7) is 7.21. The lowest BCUT2D eigenvalue weighted by molar-refractivity contribution is 0.0650. The number of nitrogens with zero attached hydrogens (tertiary/aromatic N) is 1. The number of likely N-dealkylation sites (N-methyl/N-ethyl adjacent to an activating group) is 1. The fraction of sp³-hybridized carbons (Fsp3) is 0.355. The van der Waals surface area contributed by atoms with Crippen molar-refractivity contribution in [2.24, 2.45) is 0 Å². The highest BCUT2D eigenvalue weighted by atomic mass is 19.1. The van der Waals surface area contributed by atoms with Crippen molar-refractivity contribution >= 4 is 11.1 Å². The second kappa shape index (κ2) is 12.5. The van der Waals surface area contributed by atoms with Gasteiger partial charge in [0.25, 0.3) is 0 Å². The van der Waals surface area contributed by atoms with Crippen molar-refractivity contribution in [2.75, 3.05) is 26.9 Å². The largest absolute Gasteiger partial charge is 0.492 e. The third kappa shape index (κ3) is 5.95. The van der Waals surface area contributed by atoms with E-state index in [0.717, 1.165) is 25.0 Å². The molecule has 0 heterocycles. The molecule has 0 N–H and O–H groups in total. The van der Waals surface area contributed by atoms with Gasteiger partial charge < -0.3 is 4.74 Å². The van der Waals surface area contributed by atoms with Crippen LogP contribution in [0.4, 0.5) is 4.39 Å². The van der Waals surface area contributed by atoms with Crippen molar-refractivity contribution in [3.8, 4) is 5.75 Å². The van der Waals surface area contributed by atoms with Crippen LogP contribution in [0.1, 0.15) is 56.7 Å². The maximum atomic E-state index is 13.7. The number of ether oxygens (including phenoxy) is 1. The average molecular weight is 460 g/mol. The molecule has 0 unspecified atom stereocenters. The quantitative estimate of drug-likeness (QED) is 0.255. The zero-order valence-electron chi connectivity index (χ0n) is 21.1. The molecule has 3 aromatic carbocycles. The number of hydrogen-bond acceptors (Lipinski definition) is 2. The van der Waals surface area contributed by atoms with Gasteiger partial charge in [-0.2, -0.15) is 0 Å². The Morgan fingerprint density at radius 1 is 0.765 bits per heavy atom. The smallest absolute Gasteiger partial charge is 0.119 e. The van der Waals surface area contributed by atoms with Gasteiger partial charge in [-0.25, -0.2) is 4.39 Å². The molecule has 34 heavy (non-hydrogen) atoms. The number of alkyl halides is 1. The summed E-state index contributed by atoms with van der Waals surface area (Å²) in [5, 5.41) is 0. The summed E-state index contributed by atoms with van der Waals surface area (Å²) < 4.78 is 19.7. The van der Waals surface area contributed by atoms with Crippen LogP contribution >= 0.6 is 0 Å². The Bertz CT molecular complexity index is 1020. The Labute approximate surface area is 205 Å². The molecule has 0 radical (unpaired) electrons. The average Bonchev–Trinajstić information content (AvgIpc) is 2.90. The molecule has 0 fully saturated rings. The van der Waals surface area contributed by atoms with Gasteiger partial charge in [0.05, 0.1) is 0 Å². The highest BCUT2D eigenvalue weighted by molar-refractivity contribution is 5.98. The fourth-order valence-electron chi connectivity index (χ4n) is 4.62. The van der Waals surface area contributed by atoms with E-state index < -0.39 is 5.54 Å². The van der Waals surface area contributed by atoms with E-state index in [2.05, 4.69) is 98.5 Å². The summed E-state index contributed by atoms with van der Waals surface area (Å²) in [6.07, 6.45) is 2.52. The van der Waals surface area contributed by atoms with E-state index in [-0.39, 0.29) is 6.67 Å². The first-order chi connectivity index (χ1) is 16.6. The second-order valence-electron chi connectivity index (χ2n) is 8.80. The van der Waals surface area contributed by atoms with Crippen LogP contribution in [-0.2, 0) is 0 Å². The van der Waals surface area contributed by atoms with E-state index in [1.165, 1.54) is 27.8 Å². The molecule has 3 aromatic rings. The Morgan fingerprint density at radius 3 is 1.79 bits per heavy atom. The summed E-state index contributed by atoms with van der Waals surface area (Å²) in [5.41, 5.74) is 5.81. The van der Waals surface area contributed by atoms with Gasteiger partial charge in [-0.15, -0.1) is 0 Å². The molecule has 2 nitrogen and oxygen atoms in total. The van der Waals surface area contributed by atoms with E-state index >= 15 is 0 Å². The molecule has 0 aliphatic heterocycles. The molecule has 0 aliphatic carbocycles. The van der Waals surface area contributed by atoms with Crippen molar-refractivity contribution in [3.05, 3.63) is 102 Å². The Kier molecular flexibility index (Phi) is 9.47. The molecule has 0 amide bonds. The summed E-state index contributed by atoms with van der Waals surface area (Å²) in [7, 11) is 1.99. The van der Waals surface area contributed by atoms with E-state index in [9.17, 15) is 4.39 Å². The zero-order chi connectivity index (χ0) is 24.4. The van der Waals surface area contributed by atoms with Crippen molar-refractivity contribution in [1.82, 2.24) is 4.90 Å². The van der Waals surface area contributed by atoms with Crippen LogP contribution in [0.25, 0.3) is 11.1 Å². The molecule has 0 atom stereocenters. The second-order valence-corrected chi connectivity index (χ2v) is 8.80. The molecule has 0 saturated heterocycles. The van der Waals surface area contributed by atoms with Gasteiger partial charge in [0.15, 0.2) is 0 Å². The predicted molar refractivity (Wildman–Crippen MR) is 143 cm³/mol. The molecule has 0 aliphatic rings. The van der Waals surface area contributed by atoms with Gasteiger partial charge in [0.1, 0.15) is 19.0 Å². The van der Waals surface area contributed by atoms with Crippen molar-refractivity contribution in [3.63, 3.8) is 0 Å². The van der Waals surface area contributed by atoms with Crippen LogP contribution in [0.15, 0.2) is 84.9 Å².